The molecule has 2 atom stereocenters. The van der Waals surface area contributed by atoms with Crippen molar-refractivity contribution in [3.8, 4) is 0 Å². The molecule has 1 rings (SSSR count). The molecule has 2 N–H and O–H groups in total. The first-order valence-corrected chi connectivity index (χ1v) is 7.10. The number of hydrogen-bond acceptors (Lipinski definition) is 1. The molecule has 15 heavy (non-hydrogen) atoms. The van der Waals surface area contributed by atoms with Gasteiger partial charge in [-0.15, -0.1) is 0 Å². The monoisotopic (exact) mass is 215 g/mol. The average Bonchev–Trinajstić information content (AvgIpc) is 2.33. The fraction of sp³-hybridized carbons (Fsp3) is 1.00. The van der Waals surface area contributed by atoms with Crippen LogP contribution >= 0.6 is 0 Å². The normalized spacial score (nSPS) is 24.4. The minimum Gasteiger partial charge on any atom is -0.327 e. The van der Waals surface area contributed by atoms with Gasteiger partial charge in [0.1, 0.15) is 0 Å². The third-order valence-electron chi connectivity index (χ3n) is 2.90. The molecule has 2 unspecified atom stereocenters. The smallest absolute Gasteiger partial charge is 0.00671 e. The van der Waals surface area contributed by atoms with Gasteiger partial charge in [0.15, 0.2) is 0 Å². The van der Waals surface area contributed by atoms with Gasteiger partial charge in [-0.05, 0) is 25.2 Å². The maximum atomic E-state index is 6.02. The molecular weight excluding hydrogens is 182 g/mol. The van der Waals surface area contributed by atoms with E-state index in [2.05, 4.69) is 6.92 Å². The van der Waals surface area contributed by atoms with E-state index in [0.717, 1.165) is 5.92 Å². The molecule has 1 fully saturated rings. The van der Waals surface area contributed by atoms with Gasteiger partial charge in [0.25, 0.3) is 0 Å². The Labute approximate surface area is 97.8 Å². The molecule has 1 aliphatic carbocycles. The predicted molar refractivity (Wildman–Crippen MR) is 72.2 cm³/mol. The first kappa shape index (κ1) is 17.4. The summed E-state index contributed by atoms with van der Waals surface area (Å²) in [6, 6.07) is 0.523. The predicted octanol–water partition coefficient (Wildman–Crippen LogP) is 4.75. The van der Waals surface area contributed by atoms with Gasteiger partial charge in [0.05, 0.1) is 0 Å². The van der Waals surface area contributed by atoms with E-state index >= 15 is 0 Å². The van der Waals surface area contributed by atoms with Gasteiger partial charge in [-0.2, -0.15) is 0 Å². The number of unbranched alkanes of at least 4 members (excludes halogenated alkanes) is 1. The zero-order valence-electron chi connectivity index (χ0n) is 11.7. The van der Waals surface area contributed by atoms with Gasteiger partial charge in [0, 0.05) is 6.04 Å². The summed E-state index contributed by atoms with van der Waals surface area (Å²) in [5.41, 5.74) is 6.02. The first-order valence-electron chi connectivity index (χ1n) is 7.10. The molecule has 1 heteroatoms. The first-order chi connectivity index (χ1) is 7.34. The van der Waals surface area contributed by atoms with Crippen molar-refractivity contribution in [2.75, 3.05) is 0 Å². The van der Waals surface area contributed by atoms with Crippen molar-refractivity contribution < 1.29 is 0 Å². The van der Waals surface area contributed by atoms with Crippen molar-refractivity contribution in [1.29, 1.82) is 0 Å². The van der Waals surface area contributed by atoms with Gasteiger partial charge in [-0.1, -0.05) is 60.3 Å². The molecule has 0 spiro atoms. The Morgan fingerprint density at radius 2 is 1.53 bits per heavy atom. The Bertz CT molecular complexity index is 102. The second-order valence-corrected chi connectivity index (χ2v) is 3.85. The van der Waals surface area contributed by atoms with Crippen LogP contribution in [0.15, 0.2) is 0 Å². The van der Waals surface area contributed by atoms with Crippen LogP contribution in [0.2, 0.25) is 0 Å². The van der Waals surface area contributed by atoms with Crippen LogP contribution in [0.1, 0.15) is 79.6 Å². The minimum absolute atomic E-state index is 0.523. The third-order valence-corrected chi connectivity index (χ3v) is 2.90. The van der Waals surface area contributed by atoms with Crippen LogP contribution in [-0.4, -0.2) is 6.04 Å². The zero-order chi connectivity index (χ0) is 12.1. The highest BCUT2D eigenvalue weighted by molar-refractivity contribution is 4.77. The number of rotatable bonds is 3. The Kier molecular flexibility index (Phi) is 16.2. The minimum atomic E-state index is 0.523. The molecule has 0 heterocycles. The van der Waals surface area contributed by atoms with E-state index in [1.54, 1.807) is 0 Å². The van der Waals surface area contributed by atoms with Gasteiger partial charge < -0.3 is 5.73 Å². The van der Waals surface area contributed by atoms with Crippen LogP contribution in [0.5, 0.6) is 0 Å². The highest BCUT2D eigenvalue weighted by Crippen LogP contribution is 2.26. The van der Waals surface area contributed by atoms with Crippen LogP contribution in [0, 0.1) is 5.92 Å². The Morgan fingerprint density at radius 3 is 2.00 bits per heavy atom. The van der Waals surface area contributed by atoms with Gasteiger partial charge in [0.2, 0.25) is 0 Å². The van der Waals surface area contributed by atoms with Crippen molar-refractivity contribution >= 4 is 0 Å². The molecule has 0 aromatic heterocycles. The Balaban J connectivity index is 0. The van der Waals surface area contributed by atoms with Crippen molar-refractivity contribution in [2.45, 2.75) is 85.6 Å². The Morgan fingerprint density at radius 1 is 1.00 bits per heavy atom. The summed E-state index contributed by atoms with van der Waals surface area (Å²) in [6.07, 6.45) is 9.51. The average molecular weight is 215 g/mol. The lowest BCUT2D eigenvalue weighted by Gasteiger charge is -2.28. The van der Waals surface area contributed by atoms with Crippen LogP contribution < -0.4 is 5.73 Å². The highest BCUT2D eigenvalue weighted by atomic mass is 14.7. The Hall–Kier alpha value is -0.0400. The summed E-state index contributed by atoms with van der Waals surface area (Å²) in [7, 11) is 0. The maximum Gasteiger partial charge on any atom is 0.00671 e. The van der Waals surface area contributed by atoms with Crippen molar-refractivity contribution in [3.05, 3.63) is 0 Å². The lowest BCUT2D eigenvalue weighted by atomic mass is 9.82. The molecule has 1 aliphatic rings. The van der Waals surface area contributed by atoms with Gasteiger partial charge >= 0.3 is 0 Å². The summed E-state index contributed by atoms with van der Waals surface area (Å²) in [4.78, 5) is 0. The summed E-state index contributed by atoms with van der Waals surface area (Å²) in [6.45, 7) is 10.3. The molecule has 0 radical (unpaired) electrons. The van der Waals surface area contributed by atoms with Gasteiger partial charge in [-0.25, -0.2) is 0 Å². The van der Waals surface area contributed by atoms with E-state index in [-0.39, 0.29) is 0 Å². The largest absolute Gasteiger partial charge is 0.327 e. The van der Waals surface area contributed by atoms with Crippen LogP contribution in [-0.2, 0) is 0 Å². The summed E-state index contributed by atoms with van der Waals surface area (Å²) < 4.78 is 0. The van der Waals surface area contributed by atoms with Crippen LogP contribution in [0.25, 0.3) is 0 Å². The maximum absolute atomic E-state index is 6.02. The summed E-state index contributed by atoms with van der Waals surface area (Å²) in [5.74, 6) is 0.851. The van der Waals surface area contributed by atoms with Crippen LogP contribution in [0.4, 0.5) is 0 Å². The SMILES string of the molecule is CC.CC.CCCCC1CCCCC1N. The molecule has 0 amide bonds. The summed E-state index contributed by atoms with van der Waals surface area (Å²) in [5, 5.41) is 0. The molecule has 0 aliphatic heterocycles. The number of hydrogen-bond donors (Lipinski definition) is 1. The topological polar surface area (TPSA) is 26.0 Å². The quantitative estimate of drug-likeness (QED) is 0.722. The van der Waals surface area contributed by atoms with Crippen molar-refractivity contribution in [2.24, 2.45) is 11.7 Å². The second kappa shape index (κ2) is 14.0. The third kappa shape index (κ3) is 8.92. The fourth-order valence-corrected chi connectivity index (χ4v) is 2.06. The molecule has 1 nitrogen and oxygen atoms in total. The van der Waals surface area contributed by atoms with E-state index < -0.39 is 0 Å². The van der Waals surface area contributed by atoms with E-state index in [1.165, 1.54) is 44.9 Å². The zero-order valence-corrected chi connectivity index (χ0v) is 11.7. The molecule has 1 saturated carbocycles. The molecule has 94 valence electrons. The molecule has 0 aromatic rings. The highest BCUT2D eigenvalue weighted by Gasteiger charge is 2.20. The van der Waals surface area contributed by atoms with E-state index in [0.29, 0.717) is 6.04 Å². The molecule has 0 saturated heterocycles. The van der Waals surface area contributed by atoms with E-state index in [9.17, 15) is 0 Å². The fourth-order valence-electron chi connectivity index (χ4n) is 2.06. The van der Waals surface area contributed by atoms with Crippen molar-refractivity contribution in [3.63, 3.8) is 0 Å². The van der Waals surface area contributed by atoms with Gasteiger partial charge in [-0.3, -0.25) is 0 Å². The molecular formula is C14H33N. The molecule has 0 aromatic carbocycles. The standard InChI is InChI=1S/C10H21N.2C2H6/c1-2-3-6-9-7-4-5-8-10(9)11;2*1-2/h9-10H,2-8,11H2,1H3;2*1-2H3. The van der Waals surface area contributed by atoms with Crippen molar-refractivity contribution in [1.82, 2.24) is 0 Å². The lowest BCUT2D eigenvalue weighted by molar-refractivity contribution is 0.286. The molecule has 0 bridgehead atoms. The van der Waals surface area contributed by atoms with E-state index in [1.807, 2.05) is 27.7 Å². The summed E-state index contributed by atoms with van der Waals surface area (Å²) >= 11 is 0. The van der Waals surface area contributed by atoms with Crippen LogP contribution in [0.3, 0.4) is 0 Å². The van der Waals surface area contributed by atoms with E-state index in [4.69, 9.17) is 5.73 Å². The second-order valence-electron chi connectivity index (χ2n) is 3.85. The number of nitrogens with two attached hydrogens (primary N) is 1. The lowest BCUT2D eigenvalue weighted by Crippen LogP contribution is -2.32.